The van der Waals surface area contributed by atoms with Gasteiger partial charge in [0.05, 0.1) is 30.7 Å². The van der Waals surface area contributed by atoms with Crippen molar-refractivity contribution in [1.29, 1.82) is 0 Å². The minimum atomic E-state index is -4.57. The predicted molar refractivity (Wildman–Crippen MR) is 115 cm³/mol. The molecule has 3 N–H and O–H groups in total. The van der Waals surface area contributed by atoms with Crippen molar-refractivity contribution in [2.45, 2.75) is 25.6 Å². The van der Waals surface area contributed by atoms with Crippen molar-refractivity contribution in [2.75, 3.05) is 36.5 Å². The number of aliphatic hydroxyl groups excluding tert-OH is 2. The van der Waals surface area contributed by atoms with Crippen LogP contribution in [0.3, 0.4) is 0 Å². The number of rotatable bonds is 7. The van der Waals surface area contributed by atoms with E-state index >= 15 is 0 Å². The van der Waals surface area contributed by atoms with Crippen LogP contribution in [0.25, 0.3) is 0 Å². The molecule has 8 nitrogen and oxygen atoms in total. The lowest BCUT2D eigenvalue weighted by atomic mass is 10.1. The number of anilines is 2. The Labute approximate surface area is 192 Å². The molecule has 0 radical (unpaired) electrons. The normalized spacial score (nSPS) is 15.1. The molecule has 178 valence electrons. The summed E-state index contributed by atoms with van der Waals surface area (Å²) in [5, 5.41) is 21.3. The van der Waals surface area contributed by atoms with Crippen LogP contribution in [-0.2, 0) is 11.0 Å². The number of carbonyl (C=O) groups excluding carboxylic acids is 1. The highest BCUT2D eigenvalue weighted by atomic mass is 35.5. The number of halogens is 4. The maximum Gasteiger partial charge on any atom is 0.419 e. The molecule has 2 aromatic rings. The van der Waals surface area contributed by atoms with E-state index in [1.54, 1.807) is 17.9 Å². The van der Waals surface area contributed by atoms with Crippen LogP contribution < -0.4 is 15.0 Å². The van der Waals surface area contributed by atoms with Gasteiger partial charge in [-0.25, -0.2) is 9.97 Å². The molecule has 0 unspecified atom stereocenters. The molecule has 0 saturated carbocycles. The van der Waals surface area contributed by atoms with Gasteiger partial charge in [-0.2, -0.15) is 13.2 Å². The second-order valence-electron chi connectivity index (χ2n) is 7.13. The highest BCUT2D eigenvalue weighted by Gasteiger charge is 2.34. The largest absolute Gasteiger partial charge is 0.493 e. The Morgan fingerprint density at radius 3 is 2.73 bits per heavy atom. The van der Waals surface area contributed by atoms with Crippen molar-refractivity contribution in [2.24, 2.45) is 0 Å². The molecule has 0 aliphatic carbocycles. The van der Waals surface area contributed by atoms with Gasteiger partial charge in [-0.1, -0.05) is 17.7 Å². The van der Waals surface area contributed by atoms with Gasteiger partial charge >= 0.3 is 6.18 Å². The van der Waals surface area contributed by atoms with Crippen molar-refractivity contribution in [3.05, 3.63) is 52.5 Å². The molecular formula is C21H22ClF3N4O4. The van der Waals surface area contributed by atoms with Crippen LogP contribution in [0.2, 0.25) is 5.15 Å². The number of alkyl halides is 3. The van der Waals surface area contributed by atoms with E-state index < -0.39 is 30.4 Å². The Bertz CT molecular complexity index is 1050. The zero-order chi connectivity index (χ0) is 24.2. The van der Waals surface area contributed by atoms with Gasteiger partial charge < -0.3 is 25.2 Å². The number of benzene rings is 1. The lowest BCUT2D eigenvalue weighted by molar-refractivity contribution is -0.138. The second-order valence-corrected chi connectivity index (χ2v) is 7.49. The van der Waals surface area contributed by atoms with Gasteiger partial charge in [0.2, 0.25) is 0 Å². The number of aromatic nitrogens is 2. The maximum atomic E-state index is 13.1. The number of ether oxygens (including phenoxy) is 1. The lowest BCUT2D eigenvalue weighted by Gasteiger charge is -2.27. The molecule has 0 saturated heterocycles. The standard InChI is InChI=1S/C21H22ClF3N4O4/c1-2-33-17-9-13(3-4-14(17)21(23,24)25)27-20(32)12-5-7-29(8-6-12)19-18(22)28-15(10-26-19)16(31)11-30/h3-5,9-10,16,30-31H,2,6-8,11H2,1H3,(H,27,32)/t16-/m0/s1. The molecule has 0 spiro atoms. The van der Waals surface area contributed by atoms with Crippen LogP contribution in [-0.4, -0.2) is 52.4 Å². The van der Waals surface area contributed by atoms with Gasteiger partial charge in [-0.05, 0) is 25.5 Å². The highest BCUT2D eigenvalue weighted by molar-refractivity contribution is 6.31. The number of carbonyl (C=O) groups is 1. The number of aliphatic hydroxyl groups is 2. The Kier molecular flexibility index (Phi) is 7.77. The third-order valence-corrected chi connectivity index (χ3v) is 5.14. The number of hydrogen-bond acceptors (Lipinski definition) is 7. The van der Waals surface area contributed by atoms with Gasteiger partial charge in [0, 0.05) is 30.4 Å². The van der Waals surface area contributed by atoms with Crippen LogP contribution >= 0.6 is 11.6 Å². The van der Waals surface area contributed by atoms with Crippen molar-refractivity contribution in [1.82, 2.24) is 9.97 Å². The van der Waals surface area contributed by atoms with Crippen LogP contribution in [0.1, 0.15) is 30.7 Å². The number of nitrogens with one attached hydrogen (secondary N) is 1. The second kappa shape index (κ2) is 10.4. The summed E-state index contributed by atoms with van der Waals surface area (Å²) in [7, 11) is 0. The van der Waals surface area contributed by atoms with Gasteiger partial charge in [0.1, 0.15) is 11.9 Å². The quantitative estimate of drug-likeness (QED) is 0.551. The van der Waals surface area contributed by atoms with E-state index in [-0.39, 0.29) is 28.9 Å². The fourth-order valence-electron chi connectivity index (χ4n) is 3.23. The first-order valence-corrected chi connectivity index (χ1v) is 10.4. The molecule has 33 heavy (non-hydrogen) atoms. The van der Waals surface area contributed by atoms with E-state index in [4.69, 9.17) is 21.4 Å². The molecule has 1 aliphatic heterocycles. The summed E-state index contributed by atoms with van der Waals surface area (Å²) in [6, 6.07) is 3.20. The third kappa shape index (κ3) is 5.92. The molecule has 0 bridgehead atoms. The fourth-order valence-corrected chi connectivity index (χ4v) is 3.49. The lowest BCUT2D eigenvalue weighted by Crippen LogP contribution is -2.32. The Morgan fingerprint density at radius 1 is 1.39 bits per heavy atom. The summed E-state index contributed by atoms with van der Waals surface area (Å²) in [6.45, 7) is 1.80. The maximum absolute atomic E-state index is 13.1. The fraction of sp³-hybridized carbons (Fsp3) is 0.381. The van der Waals surface area contributed by atoms with Crippen molar-refractivity contribution < 1.29 is 32.9 Å². The molecule has 3 rings (SSSR count). The summed E-state index contributed by atoms with van der Waals surface area (Å²) in [6.07, 6.45) is -2.44. The first kappa shape index (κ1) is 24.7. The van der Waals surface area contributed by atoms with Crippen molar-refractivity contribution >= 4 is 29.0 Å². The van der Waals surface area contributed by atoms with Crippen molar-refractivity contribution in [3.63, 3.8) is 0 Å². The summed E-state index contributed by atoms with van der Waals surface area (Å²) in [5.41, 5.74) is -0.126. The molecule has 2 heterocycles. The van der Waals surface area contributed by atoms with Gasteiger partial charge in [0.25, 0.3) is 5.91 Å². The first-order valence-electron chi connectivity index (χ1n) is 10.0. The minimum Gasteiger partial charge on any atom is -0.493 e. The van der Waals surface area contributed by atoms with Gasteiger partial charge in [0.15, 0.2) is 11.0 Å². The van der Waals surface area contributed by atoms with Gasteiger partial charge in [-0.3, -0.25) is 4.79 Å². The summed E-state index contributed by atoms with van der Waals surface area (Å²) in [5.74, 6) is -0.421. The van der Waals surface area contributed by atoms with Crippen LogP contribution in [0.4, 0.5) is 24.7 Å². The molecule has 1 aliphatic rings. The smallest absolute Gasteiger partial charge is 0.419 e. The SMILES string of the molecule is CCOc1cc(NC(=O)C2=CCN(c3ncc([C@@H](O)CO)nc3Cl)CC2)ccc1C(F)(F)F. The zero-order valence-electron chi connectivity index (χ0n) is 17.6. The van der Waals surface area contributed by atoms with Crippen molar-refractivity contribution in [3.8, 4) is 5.75 Å². The van der Waals surface area contributed by atoms with Crippen LogP contribution in [0.5, 0.6) is 5.75 Å². The third-order valence-electron chi connectivity index (χ3n) is 4.89. The summed E-state index contributed by atoms with van der Waals surface area (Å²) < 4.78 is 44.4. The van der Waals surface area contributed by atoms with Gasteiger partial charge in [-0.15, -0.1) is 0 Å². The molecule has 12 heteroatoms. The molecule has 0 fully saturated rings. The minimum absolute atomic E-state index is 0.0485. The van der Waals surface area contributed by atoms with E-state index in [2.05, 4.69) is 15.3 Å². The van der Waals surface area contributed by atoms with Crippen LogP contribution in [0.15, 0.2) is 36.0 Å². The molecule has 1 amide bonds. The predicted octanol–water partition coefficient (Wildman–Crippen LogP) is 3.35. The number of amides is 1. The monoisotopic (exact) mass is 486 g/mol. The summed E-state index contributed by atoms with van der Waals surface area (Å²) in [4.78, 5) is 22.6. The first-order chi connectivity index (χ1) is 15.6. The van der Waals surface area contributed by atoms with E-state index in [9.17, 15) is 23.1 Å². The van der Waals surface area contributed by atoms with Crippen LogP contribution in [0, 0.1) is 0 Å². The number of hydrogen-bond donors (Lipinski definition) is 3. The van der Waals surface area contributed by atoms with E-state index in [0.717, 1.165) is 12.1 Å². The topological polar surface area (TPSA) is 108 Å². The molecule has 1 aromatic carbocycles. The average Bonchev–Trinajstić information content (AvgIpc) is 2.78. The highest BCUT2D eigenvalue weighted by Crippen LogP contribution is 2.38. The van der Waals surface area contributed by atoms with E-state index in [1.165, 1.54) is 12.3 Å². The molecule has 1 atom stereocenters. The summed E-state index contributed by atoms with van der Waals surface area (Å²) >= 11 is 6.16. The average molecular weight is 487 g/mol. The number of nitrogens with zero attached hydrogens (tertiary/aromatic N) is 3. The van der Waals surface area contributed by atoms with E-state index in [1.807, 2.05) is 0 Å². The molecular weight excluding hydrogens is 465 g/mol. The van der Waals surface area contributed by atoms with E-state index in [0.29, 0.717) is 30.9 Å². The molecule has 1 aromatic heterocycles. The Hall–Kier alpha value is -2.89. The zero-order valence-corrected chi connectivity index (χ0v) is 18.3. The Morgan fingerprint density at radius 2 is 2.15 bits per heavy atom. The Balaban J connectivity index is 1.69.